The number of hydrogen-bond donors (Lipinski definition) is 1. The Labute approximate surface area is 103 Å². The molecule has 4 heteroatoms. The molecule has 1 N–H and O–H groups in total. The topological polar surface area (TPSA) is 39.1 Å². The fourth-order valence-corrected chi connectivity index (χ4v) is 2.59. The van der Waals surface area contributed by atoms with Crippen molar-refractivity contribution >= 4 is 0 Å². The van der Waals surface area contributed by atoms with Crippen LogP contribution < -0.4 is 5.32 Å². The fraction of sp³-hybridized carbons (Fsp3) is 0.769. The smallest absolute Gasteiger partial charge is 0.0565 e. The van der Waals surface area contributed by atoms with Gasteiger partial charge in [-0.1, -0.05) is 0 Å². The zero-order valence-corrected chi connectivity index (χ0v) is 11.0. The van der Waals surface area contributed by atoms with Crippen molar-refractivity contribution in [2.75, 3.05) is 6.54 Å². The second kappa shape index (κ2) is 5.65. The summed E-state index contributed by atoms with van der Waals surface area (Å²) in [6.07, 6.45) is 8.08. The van der Waals surface area contributed by atoms with Crippen LogP contribution in [0.25, 0.3) is 0 Å². The maximum atomic E-state index is 5.73. The molecule has 1 aliphatic heterocycles. The first-order valence-electron chi connectivity index (χ1n) is 6.50. The number of aromatic nitrogens is 2. The van der Waals surface area contributed by atoms with Crippen LogP contribution in [-0.2, 0) is 18.2 Å². The van der Waals surface area contributed by atoms with Gasteiger partial charge in [0.1, 0.15) is 0 Å². The Kier molecular flexibility index (Phi) is 4.18. The lowest BCUT2D eigenvalue weighted by molar-refractivity contribution is -0.0419. The summed E-state index contributed by atoms with van der Waals surface area (Å²) in [5.74, 6) is 0. The fourth-order valence-electron chi connectivity index (χ4n) is 2.59. The first-order chi connectivity index (χ1) is 8.13. The molecular weight excluding hydrogens is 214 g/mol. The van der Waals surface area contributed by atoms with Crippen LogP contribution in [0.2, 0.25) is 0 Å². The van der Waals surface area contributed by atoms with Crippen molar-refractivity contribution in [3.8, 4) is 0 Å². The van der Waals surface area contributed by atoms with Crippen molar-refractivity contribution in [1.29, 1.82) is 0 Å². The molecule has 0 aliphatic carbocycles. The Morgan fingerprint density at radius 3 is 2.71 bits per heavy atom. The van der Waals surface area contributed by atoms with Crippen molar-refractivity contribution in [2.45, 2.75) is 51.4 Å². The Hall–Kier alpha value is -0.870. The van der Waals surface area contributed by atoms with E-state index in [2.05, 4.69) is 30.5 Å². The second-order valence-corrected chi connectivity index (χ2v) is 5.15. The molecule has 0 spiro atoms. The molecule has 1 aliphatic rings. The van der Waals surface area contributed by atoms with E-state index in [0.29, 0.717) is 18.2 Å². The molecule has 4 nitrogen and oxygen atoms in total. The summed E-state index contributed by atoms with van der Waals surface area (Å²) >= 11 is 0. The molecule has 2 rings (SSSR count). The van der Waals surface area contributed by atoms with Crippen LogP contribution in [0.3, 0.4) is 0 Å². The molecule has 1 fully saturated rings. The highest BCUT2D eigenvalue weighted by Crippen LogP contribution is 2.18. The van der Waals surface area contributed by atoms with E-state index in [0.717, 1.165) is 25.8 Å². The minimum atomic E-state index is 0.384. The van der Waals surface area contributed by atoms with E-state index < -0.39 is 0 Å². The standard InChI is InChI=1S/C13H23N3O/c1-10-6-13(7-11(2)17-10)14-5-4-12-8-15-16(3)9-12/h8-11,13-14H,4-7H2,1-3H3. The van der Waals surface area contributed by atoms with E-state index in [9.17, 15) is 0 Å². The summed E-state index contributed by atoms with van der Waals surface area (Å²) < 4.78 is 7.59. The first-order valence-corrected chi connectivity index (χ1v) is 6.50. The zero-order valence-electron chi connectivity index (χ0n) is 11.0. The first kappa shape index (κ1) is 12.6. The van der Waals surface area contributed by atoms with E-state index in [1.807, 2.05) is 17.9 Å². The summed E-state index contributed by atoms with van der Waals surface area (Å²) in [6.45, 7) is 5.34. The maximum Gasteiger partial charge on any atom is 0.0565 e. The molecule has 96 valence electrons. The molecule has 1 saturated heterocycles. The lowest BCUT2D eigenvalue weighted by Crippen LogP contribution is -2.41. The van der Waals surface area contributed by atoms with E-state index in [1.165, 1.54) is 5.56 Å². The third-order valence-corrected chi connectivity index (χ3v) is 3.30. The number of hydrogen-bond acceptors (Lipinski definition) is 3. The molecule has 0 radical (unpaired) electrons. The van der Waals surface area contributed by atoms with Crippen molar-refractivity contribution in [2.24, 2.45) is 7.05 Å². The van der Waals surface area contributed by atoms with E-state index in [1.54, 1.807) is 0 Å². The Bertz CT molecular complexity index is 340. The maximum absolute atomic E-state index is 5.73. The Morgan fingerprint density at radius 2 is 2.12 bits per heavy atom. The SMILES string of the molecule is CC1CC(NCCc2cnn(C)c2)CC(C)O1. The third kappa shape index (κ3) is 3.82. The van der Waals surface area contributed by atoms with Crippen molar-refractivity contribution in [3.63, 3.8) is 0 Å². The van der Waals surface area contributed by atoms with Gasteiger partial charge in [-0.3, -0.25) is 4.68 Å². The van der Waals surface area contributed by atoms with Crippen LogP contribution in [0.4, 0.5) is 0 Å². The molecule has 0 bridgehead atoms. The Balaban J connectivity index is 1.71. The van der Waals surface area contributed by atoms with E-state index in [4.69, 9.17) is 4.74 Å². The number of rotatable bonds is 4. The van der Waals surface area contributed by atoms with Crippen LogP contribution in [0.1, 0.15) is 32.3 Å². The highest BCUT2D eigenvalue weighted by molar-refractivity contribution is 5.04. The summed E-state index contributed by atoms with van der Waals surface area (Å²) in [5.41, 5.74) is 1.30. The zero-order chi connectivity index (χ0) is 12.3. The van der Waals surface area contributed by atoms with Gasteiger partial charge in [0.05, 0.1) is 18.4 Å². The summed E-state index contributed by atoms with van der Waals surface area (Å²) in [6, 6.07) is 0.602. The summed E-state index contributed by atoms with van der Waals surface area (Å²) in [4.78, 5) is 0. The van der Waals surface area contributed by atoms with Crippen LogP contribution in [0.15, 0.2) is 12.4 Å². The van der Waals surface area contributed by atoms with Crippen LogP contribution >= 0.6 is 0 Å². The monoisotopic (exact) mass is 237 g/mol. The largest absolute Gasteiger partial charge is 0.375 e. The quantitative estimate of drug-likeness (QED) is 0.862. The highest BCUT2D eigenvalue weighted by atomic mass is 16.5. The van der Waals surface area contributed by atoms with Gasteiger partial charge in [0, 0.05) is 19.3 Å². The second-order valence-electron chi connectivity index (χ2n) is 5.15. The lowest BCUT2D eigenvalue weighted by atomic mass is 10.00. The van der Waals surface area contributed by atoms with Crippen LogP contribution in [0.5, 0.6) is 0 Å². The minimum Gasteiger partial charge on any atom is -0.375 e. The van der Waals surface area contributed by atoms with Gasteiger partial charge >= 0.3 is 0 Å². The van der Waals surface area contributed by atoms with Gasteiger partial charge in [-0.2, -0.15) is 5.10 Å². The molecule has 1 aromatic heterocycles. The molecule has 0 aromatic carbocycles. The molecule has 0 saturated carbocycles. The number of nitrogens with zero attached hydrogens (tertiary/aromatic N) is 2. The van der Waals surface area contributed by atoms with Gasteiger partial charge in [0.2, 0.25) is 0 Å². The lowest BCUT2D eigenvalue weighted by Gasteiger charge is -2.32. The summed E-state index contributed by atoms with van der Waals surface area (Å²) in [5, 5.41) is 7.80. The van der Waals surface area contributed by atoms with Gasteiger partial charge in [-0.05, 0) is 45.2 Å². The predicted molar refractivity (Wildman–Crippen MR) is 67.9 cm³/mol. The molecule has 1 aromatic rings. The summed E-state index contributed by atoms with van der Waals surface area (Å²) in [7, 11) is 1.96. The highest BCUT2D eigenvalue weighted by Gasteiger charge is 2.23. The molecule has 2 atom stereocenters. The number of nitrogens with one attached hydrogen (secondary N) is 1. The van der Waals surface area contributed by atoms with Crippen LogP contribution in [-0.4, -0.2) is 34.6 Å². The molecular formula is C13H23N3O. The van der Waals surface area contributed by atoms with Gasteiger partial charge in [-0.15, -0.1) is 0 Å². The minimum absolute atomic E-state index is 0.384. The molecule has 0 amide bonds. The third-order valence-electron chi connectivity index (χ3n) is 3.30. The predicted octanol–water partition coefficient (Wildman–Crippen LogP) is 1.51. The molecule has 17 heavy (non-hydrogen) atoms. The average molecular weight is 237 g/mol. The Morgan fingerprint density at radius 1 is 1.41 bits per heavy atom. The van der Waals surface area contributed by atoms with Gasteiger partial charge in [0.25, 0.3) is 0 Å². The number of ether oxygens (including phenoxy) is 1. The number of aryl methyl sites for hydroxylation is 1. The van der Waals surface area contributed by atoms with Crippen LogP contribution in [0, 0.1) is 0 Å². The van der Waals surface area contributed by atoms with Gasteiger partial charge in [0.15, 0.2) is 0 Å². The van der Waals surface area contributed by atoms with E-state index >= 15 is 0 Å². The van der Waals surface area contributed by atoms with Crippen molar-refractivity contribution < 1.29 is 4.74 Å². The van der Waals surface area contributed by atoms with Crippen molar-refractivity contribution in [1.82, 2.24) is 15.1 Å². The van der Waals surface area contributed by atoms with Gasteiger partial charge < -0.3 is 10.1 Å². The average Bonchev–Trinajstić information content (AvgIpc) is 2.63. The van der Waals surface area contributed by atoms with E-state index in [-0.39, 0.29) is 0 Å². The van der Waals surface area contributed by atoms with Gasteiger partial charge in [-0.25, -0.2) is 0 Å². The molecule has 2 unspecified atom stereocenters. The normalized spacial score (nSPS) is 29.5. The van der Waals surface area contributed by atoms with Crippen molar-refractivity contribution in [3.05, 3.63) is 18.0 Å². The molecule has 2 heterocycles.